The molecular weight excluding hydrogens is 326 g/mol. The molecule has 1 saturated heterocycles. The van der Waals surface area contributed by atoms with E-state index >= 15 is 0 Å². The van der Waals surface area contributed by atoms with Gasteiger partial charge in [0.05, 0.1) is 11.9 Å². The van der Waals surface area contributed by atoms with E-state index in [0.29, 0.717) is 16.3 Å². The quantitative estimate of drug-likeness (QED) is 0.892. The topological polar surface area (TPSA) is 46.9 Å². The van der Waals surface area contributed by atoms with Gasteiger partial charge in [-0.3, -0.25) is 4.79 Å². The van der Waals surface area contributed by atoms with Gasteiger partial charge in [0.1, 0.15) is 4.47 Å². The van der Waals surface area contributed by atoms with Crippen LogP contribution in [-0.4, -0.2) is 27.8 Å². The first-order valence-electron chi connectivity index (χ1n) is 6.81. The summed E-state index contributed by atoms with van der Waals surface area (Å²) in [5, 5.41) is 7.63. The molecule has 0 bridgehead atoms. The Morgan fingerprint density at radius 3 is 2.95 bits per heavy atom. The molecule has 104 valence electrons. The average molecular weight is 344 g/mol. The van der Waals surface area contributed by atoms with Crippen molar-refractivity contribution in [2.24, 2.45) is 11.8 Å². The van der Waals surface area contributed by atoms with Crippen molar-refractivity contribution in [2.45, 2.75) is 25.8 Å². The number of hydrogen-bond donors (Lipinski definition) is 1. The highest BCUT2D eigenvalue weighted by atomic mass is 79.9. The van der Waals surface area contributed by atoms with Crippen molar-refractivity contribution in [1.29, 1.82) is 0 Å². The molecule has 2 fully saturated rings. The first-order valence-corrected chi connectivity index (χ1v) is 8.76. The molecule has 4 nitrogen and oxygen atoms in total. The molecule has 2 heterocycles. The van der Waals surface area contributed by atoms with Gasteiger partial charge in [-0.15, -0.1) is 0 Å². The molecule has 1 saturated carbocycles. The molecule has 1 unspecified atom stereocenters. The molecule has 3 rings (SSSR count). The normalized spacial score (nSPS) is 22.7. The van der Waals surface area contributed by atoms with E-state index in [-0.39, 0.29) is 5.56 Å². The first-order chi connectivity index (χ1) is 9.24. The molecular formula is C13H18BrN3OS. The minimum absolute atomic E-state index is 0.0160. The summed E-state index contributed by atoms with van der Waals surface area (Å²) in [6.45, 7) is 1.69. The zero-order chi connectivity index (χ0) is 13.2. The highest BCUT2D eigenvalue weighted by Gasteiger charge is 2.23. The Hall–Kier alpha value is -0.490. The van der Waals surface area contributed by atoms with E-state index in [9.17, 15) is 4.79 Å². The zero-order valence-electron chi connectivity index (χ0n) is 10.8. The summed E-state index contributed by atoms with van der Waals surface area (Å²) in [5.41, 5.74) is 0.812. The van der Waals surface area contributed by atoms with Crippen LogP contribution < -0.4 is 10.9 Å². The predicted octanol–water partition coefficient (Wildman–Crippen LogP) is 2.58. The summed E-state index contributed by atoms with van der Waals surface area (Å²) >= 11 is 5.42. The Morgan fingerprint density at radius 1 is 1.42 bits per heavy atom. The molecule has 0 radical (unpaired) electrons. The molecule has 0 amide bonds. The standard InChI is InChI=1S/C13H18BrN3OS/c14-12-11(15-5-10-3-4-19-8-10)6-16-17(13(12)18)7-9-1-2-9/h6,9-10,15H,1-5,7-8H2. The summed E-state index contributed by atoms with van der Waals surface area (Å²) in [5.74, 6) is 3.85. The molecule has 1 aromatic heterocycles. The van der Waals surface area contributed by atoms with Crippen LogP contribution in [0.3, 0.4) is 0 Å². The summed E-state index contributed by atoms with van der Waals surface area (Å²) in [6.07, 6.45) is 5.49. The van der Waals surface area contributed by atoms with Crippen LogP contribution in [0.5, 0.6) is 0 Å². The summed E-state index contributed by atoms with van der Waals surface area (Å²) in [6, 6.07) is 0. The largest absolute Gasteiger partial charge is 0.382 e. The molecule has 1 N–H and O–H groups in total. The van der Waals surface area contributed by atoms with Crippen LogP contribution in [0, 0.1) is 11.8 Å². The average Bonchev–Trinajstić information content (AvgIpc) is 3.07. The lowest BCUT2D eigenvalue weighted by Crippen LogP contribution is -2.26. The molecule has 0 aromatic carbocycles. The number of rotatable bonds is 5. The van der Waals surface area contributed by atoms with Crippen molar-refractivity contribution in [3.8, 4) is 0 Å². The minimum Gasteiger partial charge on any atom is -0.382 e. The van der Waals surface area contributed by atoms with Gasteiger partial charge in [0, 0.05) is 13.1 Å². The number of nitrogens with one attached hydrogen (secondary N) is 1. The molecule has 19 heavy (non-hydrogen) atoms. The second kappa shape index (κ2) is 5.87. The lowest BCUT2D eigenvalue weighted by atomic mass is 10.1. The highest BCUT2D eigenvalue weighted by Crippen LogP contribution is 2.30. The Labute approximate surface area is 125 Å². The Bertz CT molecular complexity index is 509. The van der Waals surface area contributed by atoms with E-state index in [0.717, 1.165) is 18.8 Å². The fourth-order valence-electron chi connectivity index (χ4n) is 2.26. The number of nitrogens with zero attached hydrogens (tertiary/aromatic N) is 2. The molecule has 2 aliphatic rings. The number of hydrogen-bond acceptors (Lipinski definition) is 4. The van der Waals surface area contributed by atoms with Crippen molar-refractivity contribution in [3.05, 3.63) is 21.0 Å². The van der Waals surface area contributed by atoms with E-state index < -0.39 is 0 Å². The summed E-state index contributed by atoms with van der Waals surface area (Å²) in [4.78, 5) is 12.2. The van der Waals surface area contributed by atoms with Crippen LogP contribution in [0.4, 0.5) is 5.69 Å². The van der Waals surface area contributed by atoms with Gasteiger partial charge in [0.2, 0.25) is 0 Å². The van der Waals surface area contributed by atoms with Crippen LogP contribution in [0.15, 0.2) is 15.5 Å². The molecule has 1 atom stereocenters. The van der Waals surface area contributed by atoms with Crippen molar-refractivity contribution >= 4 is 33.4 Å². The maximum absolute atomic E-state index is 12.2. The van der Waals surface area contributed by atoms with Gasteiger partial charge in [-0.1, -0.05) is 0 Å². The number of halogens is 1. The fourth-order valence-corrected chi connectivity index (χ4v) is 3.99. The smallest absolute Gasteiger partial charge is 0.283 e. The summed E-state index contributed by atoms with van der Waals surface area (Å²) < 4.78 is 2.20. The second-order valence-corrected chi connectivity index (χ2v) is 7.36. The molecule has 0 spiro atoms. The van der Waals surface area contributed by atoms with Gasteiger partial charge in [0.15, 0.2) is 0 Å². The fraction of sp³-hybridized carbons (Fsp3) is 0.692. The molecule has 1 aliphatic carbocycles. The monoisotopic (exact) mass is 343 g/mol. The van der Waals surface area contributed by atoms with Crippen molar-refractivity contribution in [2.75, 3.05) is 23.4 Å². The van der Waals surface area contributed by atoms with Crippen molar-refractivity contribution < 1.29 is 0 Å². The van der Waals surface area contributed by atoms with E-state index in [2.05, 4.69) is 26.3 Å². The van der Waals surface area contributed by atoms with Gasteiger partial charge >= 0.3 is 0 Å². The van der Waals surface area contributed by atoms with Gasteiger partial charge in [-0.05, 0) is 58.5 Å². The van der Waals surface area contributed by atoms with Gasteiger partial charge in [-0.2, -0.15) is 16.9 Å². The Morgan fingerprint density at radius 2 is 2.26 bits per heavy atom. The highest BCUT2D eigenvalue weighted by molar-refractivity contribution is 9.10. The van der Waals surface area contributed by atoms with Gasteiger partial charge < -0.3 is 5.32 Å². The van der Waals surface area contributed by atoms with Crippen LogP contribution in [-0.2, 0) is 6.54 Å². The molecule has 1 aliphatic heterocycles. The third kappa shape index (κ3) is 3.34. The maximum Gasteiger partial charge on any atom is 0.283 e. The van der Waals surface area contributed by atoms with E-state index in [1.54, 1.807) is 10.9 Å². The van der Waals surface area contributed by atoms with Crippen molar-refractivity contribution in [1.82, 2.24) is 9.78 Å². The van der Waals surface area contributed by atoms with Crippen LogP contribution in [0.1, 0.15) is 19.3 Å². The first kappa shape index (κ1) is 13.5. The third-order valence-electron chi connectivity index (χ3n) is 3.72. The SMILES string of the molecule is O=c1c(Br)c(NCC2CCSC2)cnn1CC1CC1. The lowest BCUT2D eigenvalue weighted by Gasteiger charge is -2.13. The number of aromatic nitrogens is 2. The van der Waals surface area contributed by atoms with Gasteiger partial charge in [0.25, 0.3) is 5.56 Å². The Balaban J connectivity index is 1.67. The van der Waals surface area contributed by atoms with E-state index in [1.807, 2.05) is 11.8 Å². The third-order valence-corrected chi connectivity index (χ3v) is 5.72. The van der Waals surface area contributed by atoms with Gasteiger partial charge in [-0.25, -0.2) is 4.68 Å². The van der Waals surface area contributed by atoms with Crippen LogP contribution in [0.2, 0.25) is 0 Å². The van der Waals surface area contributed by atoms with Crippen molar-refractivity contribution in [3.63, 3.8) is 0 Å². The maximum atomic E-state index is 12.2. The number of anilines is 1. The lowest BCUT2D eigenvalue weighted by molar-refractivity contribution is 0.531. The Kier molecular flexibility index (Phi) is 4.17. The van der Waals surface area contributed by atoms with E-state index in [1.165, 1.54) is 30.8 Å². The zero-order valence-corrected chi connectivity index (χ0v) is 13.2. The number of thioether (sulfide) groups is 1. The van der Waals surface area contributed by atoms with Crippen LogP contribution >= 0.6 is 27.7 Å². The minimum atomic E-state index is -0.0160. The molecule has 1 aromatic rings. The van der Waals surface area contributed by atoms with E-state index in [4.69, 9.17) is 0 Å². The summed E-state index contributed by atoms with van der Waals surface area (Å²) in [7, 11) is 0. The molecule has 6 heteroatoms. The van der Waals surface area contributed by atoms with Crippen LogP contribution in [0.25, 0.3) is 0 Å². The second-order valence-electron chi connectivity index (χ2n) is 5.41. The predicted molar refractivity (Wildman–Crippen MR) is 82.8 cm³/mol.